The van der Waals surface area contributed by atoms with Crippen molar-refractivity contribution in [3.63, 3.8) is 0 Å². The summed E-state index contributed by atoms with van der Waals surface area (Å²) in [5.41, 5.74) is 0.499. The molecule has 0 aromatic heterocycles. The number of ketones is 1. The number of ether oxygens (including phenoxy) is 2. The van der Waals surface area contributed by atoms with Gasteiger partial charge in [-0.25, -0.2) is 8.42 Å². The van der Waals surface area contributed by atoms with Crippen LogP contribution in [-0.2, 0) is 35.9 Å². The van der Waals surface area contributed by atoms with Crippen molar-refractivity contribution >= 4 is 27.4 Å². The molecule has 0 atom stereocenters. The second-order valence-electron chi connectivity index (χ2n) is 16.3. The third-order valence-electron chi connectivity index (χ3n) is 12.0. The van der Waals surface area contributed by atoms with E-state index in [2.05, 4.69) is 20.0 Å². The summed E-state index contributed by atoms with van der Waals surface area (Å²) < 4.78 is 56.3. The molecule has 52 heavy (non-hydrogen) atoms. The summed E-state index contributed by atoms with van der Waals surface area (Å²) in [4.78, 5) is 18.8. The van der Waals surface area contributed by atoms with E-state index in [4.69, 9.17) is 17.9 Å². The van der Waals surface area contributed by atoms with Gasteiger partial charge in [0, 0.05) is 111 Å². The number of piperidine rings is 3. The molecule has 1 aromatic carbocycles. The van der Waals surface area contributed by atoms with Gasteiger partial charge in [-0.15, -0.1) is 0 Å². The summed E-state index contributed by atoms with van der Waals surface area (Å²) in [5.74, 6) is 3.33. The van der Waals surface area contributed by atoms with E-state index < -0.39 is 27.3 Å². The second kappa shape index (κ2) is 18.3. The Morgan fingerprint density at radius 2 is 1.19 bits per heavy atom. The van der Waals surface area contributed by atoms with E-state index in [9.17, 15) is 13.2 Å². The van der Waals surface area contributed by atoms with Crippen molar-refractivity contribution in [3.05, 3.63) is 29.8 Å². The summed E-state index contributed by atoms with van der Waals surface area (Å²) in [6.45, 7) is 15.0. The smallest absolute Gasteiger partial charge is 0.335 e. The molecule has 1 N–H and O–H groups in total. The molecule has 9 rings (SSSR count). The summed E-state index contributed by atoms with van der Waals surface area (Å²) in [7, 11) is -3.50. The topological polar surface area (TPSA) is 129 Å². The Kier molecular flexibility index (Phi) is 14.1. The number of likely N-dealkylation sites (tertiary alicyclic amines) is 3. The number of benzene rings is 1. The Hall–Kier alpha value is -1.62. The van der Waals surface area contributed by atoms with Gasteiger partial charge in [0.05, 0.1) is 18.1 Å². The number of hydrogen-bond donors (Lipinski definition) is 1. The van der Waals surface area contributed by atoms with Crippen LogP contribution in [0, 0.1) is 24.7 Å². The van der Waals surface area contributed by atoms with E-state index in [-0.39, 0.29) is 5.72 Å². The highest BCUT2D eigenvalue weighted by atomic mass is 32.2. The van der Waals surface area contributed by atoms with Gasteiger partial charge in [0.15, 0.2) is 0 Å². The first-order valence-corrected chi connectivity index (χ1v) is 22.0. The number of hydrogen-bond acceptors (Lipinski definition) is 11. The highest BCUT2D eigenvalue weighted by molar-refractivity contribution is 7.89. The molecule has 8 fully saturated rings. The number of rotatable bonds is 8. The largest absolute Gasteiger partial charge is 0.359 e. The van der Waals surface area contributed by atoms with Crippen molar-refractivity contribution in [2.75, 3.05) is 85.2 Å². The summed E-state index contributed by atoms with van der Waals surface area (Å²) in [6.07, 6.45) is 14.0. The molecule has 5 saturated heterocycles. The zero-order valence-electron chi connectivity index (χ0n) is 31.2. The molecule has 292 valence electrons. The van der Waals surface area contributed by atoms with Crippen molar-refractivity contribution < 1.29 is 31.1 Å². The molecule has 3 aliphatic carbocycles. The van der Waals surface area contributed by atoms with E-state index in [1.54, 1.807) is 16.4 Å². The minimum absolute atomic E-state index is 0.0695. The average Bonchev–Trinajstić information content (AvgIpc) is 4.09. The van der Waals surface area contributed by atoms with Gasteiger partial charge in [-0.1, -0.05) is 17.7 Å². The van der Waals surface area contributed by atoms with E-state index >= 15 is 0 Å². The van der Waals surface area contributed by atoms with Crippen molar-refractivity contribution in [1.82, 2.24) is 24.3 Å². The van der Waals surface area contributed by atoms with E-state index in [1.165, 1.54) is 84.1 Å². The lowest BCUT2D eigenvalue weighted by Crippen LogP contribution is -2.55. The summed E-state index contributed by atoms with van der Waals surface area (Å²) in [6, 6.07) is 7.13. The van der Waals surface area contributed by atoms with Crippen LogP contribution >= 0.6 is 0 Å². The van der Waals surface area contributed by atoms with E-state index in [1.807, 2.05) is 19.1 Å². The Bertz CT molecular complexity index is 1430. The molecule has 14 heteroatoms. The van der Waals surface area contributed by atoms with Crippen molar-refractivity contribution in [1.29, 1.82) is 0 Å². The minimum atomic E-state index is -3.50. The lowest BCUT2D eigenvalue weighted by atomic mass is 10.0. The molecule has 0 amide bonds. The van der Waals surface area contributed by atoms with Crippen LogP contribution in [-0.4, -0.2) is 138 Å². The van der Waals surface area contributed by atoms with Crippen LogP contribution in [0.3, 0.4) is 0 Å². The maximum absolute atomic E-state index is 13.1. The Morgan fingerprint density at radius 3 is 1.65 bits per heavy atom. The second-order valence-corrected chi connectivity index (χ2v) is 18.3. The third-order valence-corrected chi connectivity index (χ3v) is 14.0. The quantitative estimate of drug-likeness (QED) is 0.419. The monoisotopic (exact) mass is 763 g/mol. The number of sulfonamides is 1. The van der Waals surface area contributed by atoms with E-state index in [0.29, 0.717) is 23.8 Å². The average molecular weight is 764 g/mol. The van der Waals surface area contributed by atoms with Gasteiger partial charge in [-0.05, 0) is 75.3 Å². The van der Waals surface area contributed by atoms with Gasteiger partial charge in [0.1, 0.15) is 17.2 Å². The van der Waals surface area contributed by atoms with Crippen molar-refractivity contribution in [2.24, 2.45) is 17.8 Å². The molecule has 1 aromatic rings. The molecule has 12 nitrogen and oxygen atoms in total. The molecule has 2 spiro atoms. The number of carbonyl (C=O) groups excluding carboxylic acids is 1. The van der Waals surface area contributed by atoms with Gasteiger partial charge < -0.3 is 24.2 Å². The predicted octanol–water partition coefficient (Wildman–Crippen LogP) is 3.42. The van der Waals surface area contributed by atoms with Crippen LogP contribution in [0.15, 0.2) is 29.2 Å². The number of carbonyl (C=O) groups is 1. The van der Waals surface area contributed by atoms with Gasteiger partial charge in [0.25, 0.3) is 0 Å². The lowest BCUT2D eigenvalue weighted by Gasteiger charge is -2.43. The van der Waals surface area contributed by atoms with Crippen LogP contribution < -0.4 is 5.32 Å². The minimum Gasteiger partial charge on any atom is -0.359 e. The maximum atomic E-state index is 13.1. The zero-order valence-corrected chi connectivity index (χ0v) is 32.8. The highest BCUT2D eigenvalue weighted by Crippen LogP contribution is 2.40. The predicted molar refractivity (Wildman–Crippen MR) is 200 cm³/mol. The zero-order chi connectivity index (χ0) is 36.6. The number of Topliss-reactive ketones (excluding diaryl/α,β-unsaturated/α-hetero) is 1. The maximum Gasteiger partial charge on any atom is 0.335 e. The Morgan fingerprint density at radius 1 is 0.712 bits per heavy atom. The fraction of sp³-hybridized carbons (Fsp3) is 0.816. The standard InChI is InChI=1S/C18H26N2O3S.C11H20N2O.C9H15NO.O2S/c1-15-2-6-17(7-3-15)24(21,22)20-12-13-23-18(20)8-10-19(11-9-18)14-16-4-5-16;1-2-10(1)9-13-6-3-11(4-7-13)12-5-8-14-11;11-9-3-5-10(6-4-9)7-8-1-2-8;1-3-2/h2-3,6-7,16H,4-5,8-14H2,1H3;10,12H,1-9H2;8H,1-7H2;. The first-order chi connectivity index (χ1) is 25.1. The molecule has 5 heterocycles. The lowest BCUT2D eigenvalue weighted by molar-refractivity contribution is -0.121. The summed E-state index contributed by atoms with van der Waals surface area (Å²) in [5, 5.41) is 3.51. The molecule has 0 unspecified atom stereocenters. The first-order valence-electron chi connectivity index (χ1n) is 19.8. The van der Waals surface area contributed by atoms with Crippen LogP contribution in [0.5, 0.6) is 0 Å². The molecular weight excluding hydrogens is 703 g/mol. The van der Waals surface area contributed by atoms with Crippen molar-refractivity contribution in [3.8, 4) is 0 Å². The summed E-state index contributed by atoms with van der Waals surface area (Å²) >= 11 is -0.750. The first kappa shape index (κ1) is 40.1. The number of nitrogens with one attached hydrogen (secondary N) is 1. The van der Waals surface area contributed by atoms with Gasteiger partial charge in [-0.2, -0.15) is 12.7 Å². The van der Waals surface area contributed by atoms with Crippen LogP contribution in [0.1, 0.15) is 82.6 Å². The van der Waals surface area contributed by atoms with Crippen LogP contribution in [0.4, 0.5) is 0 Å². The molecule has 3 saturated carbocycles. The molecule has 8 aliphatic rings. The van der Waals surface area contributed by atoms with Crippen LogP contribution in [0.25, 0.3) is 0 Å². The highest BCUT2D eigenvalue weighted by Gasteiger charge is 2.50. The fourth-order valence-electron chi connectivity index (χ4n) is 8.23. The normalized spacial score (nSPS) is 26.5. The third kappa shape index (κ3) is 11.5. The van der Waals surface area contributed by atoms with Gasteiger partial charge in [-0.3, -0.25) is 10.1 Å². The molecule has 5 aliphatic heterocycles. The number of aryl methyl sites for hydroxylation is 1. The number of nitrogens with zero attached hydrogens (tertiary/aromatic N) is 4. The Labute approximate surface area is 315 Å². The van der Waals surface area contributed by atoms with Crippen molar-refractivity contribution in [2.45, 2.75) is 100 Å². The van der Waals surface area contributed by atoms with E-state index in [0.717, 1.165) is 88.3 Å². The fourth-order valence-corrected chi connectivity index (χ4v) is 9.95. The Balaban J connectivity index is 0.000000140. The SMILES string of the molecule is C1COC2(CCN(CC3CC3)CC2)N1.Cc1ccc(S(=O)(=O)N2CCOC23CCN(CC2CC2)CC3)cc1.O=C1CCN(CC2CC2)CC1.O=S=O. The van der Waals surface area contributed by atoms with Crippen LogP contribution in [0.2, 0.25) is 0 Å². The molecular formula is C38H61N5O7S2. The molecule has 0 bridgehead atoms. The van der Waals surface area contributed by atoms with Gasteiger partial charge in [0.2, 0.25) is 10.0 Å². The van der Waals surface area contributed by atoms with Gasteiger partial charge >= 0.3 is 11.6 Å². The molecule has 0 radical (unpaired) electrons.